The van der Waals surface area contributed by atoms with Crippen molar-refractivity contribution in [3.8, 4) is 0 Å². The largest absolute Gasteiger partial charge is 0.466 e. The Hall–Kier alpha value is -1.18. The number of anilines is 1. The summed E-state index contributed by atoms with van der Waals surface area (Å²) in [6.07, 6.45) is 0.209. The highest BCUT2D eigenvalue weighted by atomic mass is 32.1. The molecule has 1 aromatic rings. The number of rotatable bonds is 10. The van der Waals surface area contributed by atoms with Crippen LogP contribution in [0.25, 0.3) is 0 Å². The van der Waals surface area contributed by atoms with Gasteiger partial charge in [0.1, 0.15) is 0 Å². The molecule has 0 aliphatic carbocycles. The fourth-order valence-corrected chi connectivity index (χ4v) is 2.85. The highest BCUT2D eigenvalue weighted by molar-refractivity contribution is 7.13. The van der Waals surface area contributed by atoms with Crippen LogP contribution in [0.15, 0.2) is 5.38 Å². The first kappa shape index (κ1) is 17.9. The Bertz CT molecular complexity index is 425. The van der Waals surface area contributed by atoms with Crippen molar-refractivity contribution < 1.29 is 19.0 Å². The maximum absolute atomic E-state index is 11.5. The summed E-state index contributed by atoms with van der Waals surface area (Å²) >= 11 is 1.52. The van der Waals surface area contributed by atoms with Crippen LogP contribution in [0.4, 0.5) is 5.13 Å². The predicted molar refractivity (Wildman–Crippen MR) is 83.0 cm³/mol. The molecule has 0 saturated heterocycles. The molecule has 0 radical (unpaired) electrons. The molecule has 7 heteroatoms. The van der Waals surface area contributed by atoms with Crippen molar-refractivity contribution in [2.45, 2.75) is 26.3 Å². The molecular formula is C14H24N2O4S. The van der Waals surface area contributed by atoms with E-state index in [0.717, 1.165) is 17.4 Å². The summed E-state index contributed by atoms with van der Waals surface area (Å²) in [6, 6.07) is 0.187. The van der Waals surface area contributed by atoms with Gasteiger partial charge in [0.25, 0.3) is 0 Å². The van der Waals surface area contributed by atoms with Crippen molar-refractivity contribution in [1.29, 1.82) is 0 Å². The number of methoxy groups -OCH3 is 2. The molecule has 6 nitrogen and oxygen atoms in total. The van der Waals surface area contributed by atoms with Crippen LogP contribution >= 0.6 is 11.3 Å². The van der Waals surface area contributed by atoms with Crippen molar-refractivity contribution in [1.82, 2.24) is 4.98 Å². The molecule has 1 atom stereocenters. The molecule has 1 aromatic heterocycles. The summed E-state index contributed by atoms with van der Waals surface area (Å²) in [5.41, 5.74) is 0.737. The van der Waals surface area contributed by atoms with Crippen LogP contribution < -0.4 is 4.90 Å². The van der Waals surface area contributed by atoms with Crippen LogP contribution in [0.2, 0.25) is 0 Å². The van der Waals surface area contributed by atoms with Crippen LogP contribution in [0.5, 0.6) is 0 Å². The average Bonchev–Trinajstić information content (AvgIpc) is 2.88. The van der Waals surface area contributed by atoms with Crippen LogP contribution in [0.3, 0.4) is 0 Å². The molecule has 0 saturated carbocycles. The third-order valence-electron chi connectivity index (χ3n) is 2.89. The first-order valence-corrected chi connectivity index (χ1v) is 7.84. The van der Waals surface area contributed by atoms with Gasteiger partial charge in [-0.05, 0) is 13.8 Å². The third-order valence-corrected chi connectivity index (χ3v) is 3.82. The van der Waals surface area contributed by atoms with E-state index in [1.54, 1.807) is 21.1 Å². The van der Waals surface area contributed by atoms with Gasteiger partial charge in [0.15, 0.2) is 5.13 Å². The number of carbonyl (C=O) groups excluding carboxylic acids is 1. The van der Waals surface area contributed by atoms with E-state index >= 15 is 0 Å². The molecule has 0 aliphatic rings. The van der Waals surface area contributed by atoms with E-state index in [1.807, 2.05) is 5.38 Å². The Morgan fingerprint density at radius 2 is 2.19 bits per heavy atom. The summed E-state index contributed by atoms with van der Waals surface area (Å²) in [7, 11) is 3.35. The average molecular weight is 316 g/mol. The number of nitrogens with zero attached hydrogens (tertiary/aromatic N) is 2. The number of hydrogen-bond acceptors (Lipinski definition) is 7. The van der Waals surface area contributed by atoms with Crippen LogP contribution in [-0.2, 0) is 25.4 Å². The minimum absolute atomic E-state index is 0.187. The molecule has 120 valence electrons. The molecule has 0 spiro atoms. The van der Waals surface area contributed by atoms with Gasteiger partial charge in [0.2, 0.25) is 0 Å². The maximum Gasteiger partial charge on any atom is 0.311 e. The Labute approximate surface area is 130 Å². The Morgan fingerprint density at radius 1 is 1.43 bits per heavy atom. The molecular weight excluding hydrogens is 292 g/mol. The number of esters is 1. The van der Waals surface area contributed by atoms with E-state index in [1.165, 1.54) is 11.3 Å². The van der Waals surface area contributed by atoms with E-state index in [9.17, 15) is 4.79 Å². The fourth-order valence-electron chi connectivity index (χ4n) is 1.89. The highest BCUT2D eigenvalue weighted by Crippen LogP contribution is 2.23. The number of hydrogen-bond donors (Lipinski definition) is 0. The van der Waals surface area contributed by atoms with Gasteiger partial charge in [0, 0.05) is 26.1 Å². The number of thiazole rings is 1. The van der Waals surface area contributed by atoms with E-state index in [0.29, 0.717) is 19.8 Å². The third kappa shape index (κ3) is 5.99. The number of aromatic nitrogens is 1. The molecule has 0 aliphatic heterocycles. The molecule has 1 rings (SSSR count). The minimum Gasteiger partial charge on any atom is -0.466 e. The van der Waals surface area contributed by atoms with Crippen LogP contribution in [0.1, 0.15) is 19.5 Å². The predicted octanol–water partition coefficient (Wildman–Crippen LogP) is 1.74. The Kier molecular flexibility index (Phi) is 8.26. The molecule has 0 aromatic carbocycles. The fraction of sp³-hybridized carbons (Fsp3) is 0.714. The molecule has 0 bridgehead atoms. The minimum atomic E-state index is -0.247. The smallest absolute Gasteiger partial charge is 0.311 e. The SMILES string of the molecule is CCOC(=O)Cc1csc(N(CCOC)C(C)COC)n1. The van der Waals surface area contributed by atoms with E-state index in [2.05, 4.69) is 16.8 Å². The highest BCUT2D eigenvalue weighted by Gasteiger charge is 2.18. The summed E-state index contributed by atoms with van der Waals surface area (Å²) in [6.45, 7) is 6.21. The quantitative estimate of drug-likeness (QED) is 0.613. The van der Waals surface area contributed by atoms with Crippen LogP contribution in [-0.4, -0.2) is 57.6 Å². The van der Waals surface area contributed by atoms with Gasteiger partial charge < -0.3 is 19.1 Å². The van der Waals surface area contributed by atoms with Gasteiger partial charge in [0.05, 0.1) is 38.0 Å². The lowest BCUT2D eigenvalue weighted by molar-refractivity contribution is -0.142. The molecule has 21 heavy (non-hydrogen) atoms. The normalized spacial score (nSPS) is 12.2. The molecule has 0 fully saturated rings. The number of carbonyl (C=O) groups is 1. The monoisotopic (exact) mass is 316 g/mol. The summed E-state index contributed by atoms with van der Waals surface area (Å²) in [4.78, 5) is 18.1. The maximum atomic E-state index is 11.5. The van der Waals surface area contributed by atoms with Gasteiger partial charge in [-0.3, -0.25) is 4.79 Å². The van der Waals surface area contributed by atoms with Gasteiger partial charge in [-0.15, -0.1) is 11.3 Å². The second-order valence-electron chi connectivity index (χ2n) is 4.59. The van der Waals surface area contributed by atoms with Gasteiger partial charge in [-0.25, -0.2) is 4.98 Å². The molecule has 1 unspecified atom stereocenters. The van der Waals surface area contributed by atoms with Gasteiger partial charge in [-0.1, -0.05) is 0 Å². The zero-order chi connectivity index (χ0) is 15.7. The lowest BCUT2D eigenvalue weighted by Crippen LogP contribution is -2.38. The van der Waals surface area contributed by atoms with Crippen molar-refractivity contribution in [2.24, 2.45) is 0 Å². The lowest BCUT2D eigenvalue weighted by Gasteiger charge is -2.28. The van der Waals surface area contributed by atoms with Gasteiger partial charge in [-0.2, -0.15) is 0 Å². The molecule has 0 N–H and O–H groups in total. The topological polar surface area (TPSA) is 60.9 Å². The summed E-state index contributed by atoms with van der Waals surface area (Å²) < 4.78 is 15.3. The Balaban J connectivity index is 2.73. The van der Waals surface area contributed by atoms with Crippen molar-refractivity contribution in [3.05, 3.63) is 11.1 Å². The molecule has 0 amide bonds. The zero-order valence-electron chi connectivity index (χ0n) is 13.1. The zero-order valence-corrected chi connectivity index (χ0v) is 13.9. The second-order valence-corrected chi connectivity index (χ2v) is 5.43. The summed E-state index contributed by atoms with van der Waals surface area (Å²) in [5.74, 6) is -0.247. The van der Waals surface area contributed by atoms with Crippen LogP contribution in [0, 0.1) is 0 Å². The lowest BCUT2D eigenvalue weighted by atomic mass is 10.3. The van der Waals surface area contributed by atoms with E-state index in [4.69, 9.17) is 14.2 Å². The van der Waals surface area contributed by atoms with Crippen molar-refractivity contribution >= 4 is 22.4 Å². The summed E-state index contributed by atoms with van der Waals surface area (Å²) in [5, 5.41) is 2.77. The van der Waals surface area contributed by atoms with Crippen molar-refractivity contribution in [3.63, 3.8) is 0 Å². The Morgan fingerprint density at radius 3 is 2.81 bits per heavy atom. The standard InChI is InChI=1S/C14H24N2O4S/c1-5-20-13(17)8-12-10-21-14(15-12)16(6-7-18-3)11(2)9-19-4/h10-11H,5-9H2,1-4H3. The first-order valence-electron chi connectivity index (χ1n) is 6.96. The molecule has 1 heterocycles. The first-order chi connectivity index (χ1) is 10.1. The number of ether oxygens (including phenoxy) is 3. The second kappa shape index (κ2) is 9.70. The van der Waals surface area contributed by atoms with Gasteiger partial charge >= 0.3 is 5.97 Å². The van der Waals surface area contributed by atoms with E-state index < -0.39 is 0 Å². The van der Waals surface area contributed by atoms with Crippen molar-refractivity contribution in [2.75, 3.05) is 45.5 Å². The van der Waals surface area contributed by atoms with E-state index in [-0.39, 0.29) is 18.4 Å².